The van der Waals surface area contributed by atoms with Gasteiger partial charge in [0.15, 0.2) is 13.1 Å². The van der Waals surface area contributed by atoms with E-state index in [0.717, 1.165) is 19.5 Å². The topological polar surface area (TPSA) is 84.9 Å². The van der Waals surface area contributed by atoms with Gasteiger partial charge < -0.3 is 9.66 Å². The van der Waals surface area contributed by atoms with E-state index in [1.165, 1.54) is 95.3 Å². The summed E-state index contributed by atoms with van der Waals surface area (Å²) in [5.41, 5.74) is 0.488. The maximum absolute atomic E-state index is 10.5. The highest BCUT2D eigenvalue weighted by Gasteiger charge is 2.32. The first-order chi connectivity index (χ1) is 15.8. The summed E-state index contributed by atoms with van der Waals surface area (Å²) in [4.78, 5) is 1.54. The van der Waals surface area contributed by atoms with Crippen LogP contribution in [0.5, 0.6) is 0 Å². The van der Waals surface area contributed by atoms with Crippen molar-refractivity contribution in [3.63, 3.8) is 0 Å². The van der Waals surface area contributed by atoms with Crippen LogP contribution in [0.2, 0.25) is 0 Å². The van der Waals surface area contributed by atoms with Gasteiger partial charge >= 0.3 is 5.84 Å². The number of unbranched alkanes of at least 4 members (excludes halogenated alkanes) is 9. The van der Waals surface area contributed by atoms with Crippen LogP contribution in [0.25, 0.3) is 0 Å². The molecule has 0 aliphatic carbocycles. The van der Waals surface area contributed by atoms with Crippen molar-refractivity contribution < 1.29 is 27.6 Å². The number of aryl methyl sites for hydroxylation is 1. The van der Waals surface area contributed by atoms with E-state index < -0.39 is 10.1 Å². The molecule has 7 heteroatoms. The first kappa shape index (κ1) is 29.8. The molecule has 2 N–H and O–H groups in total. The van der Waals surface area contributed by atoms with Gasteiger partial charge in [-0.05, 0) is 38.3 Å². The van der Waals surface area contributed by atoms with Gasteiger partial charge in [-0.15, -0.1) is 0 Å². The van der Waals surface area contributed by atoms with E-state index in [-0.39, 0.29) is 11.5 Å². The molecule has 0 aromatic heterocycles. The third kappa shape index (κ3) is 12.1. The van der Waals surface area contributed by atoms with E-state index in [1.807, 2.05) is 0 Å². The molecule has 0 fully saturated rings. The zero-order valence-electron chi connectivity index (χ0n) is 21.2. The third-order valence-corrected chi connectivity index (χ3v) is 7.37. The molecule has 1 unspecified atom stereocenters. The van der Waals surface area contributed by atoms with Crippen molar-refractivity contribution in [2.24, 2.45) is 0 Å². The molecule has 6 nitrogen and oxygen atoms in total. The van der Waals surface area contributed by atoms with E-state index in [2.05, 4.69) is 18.4 Å². The highest BCUT2D eigenvalue weighted by atomic mass is 32.2. The van der Waals surface area contributed by atoms with Crippen LogP contribution >= 0.6 is 0 Å². The summed E-state index contributed by atoms with van der Waals surface area (Å²) in [6.45, 7) is 10.9. The average molecular weight is 484 g/mol. The molecule has 190 valence electrons. The van der Waals surface area contributed by atoms with Crippen molar-refractivity contribution in [2.45, 2.75) is 96.3 Å². The minimum atomic E-state index is -4.28. The van der Waals surface area contributed by atoms with Crippen LogP contribution in [-0.2, 0) is 10.1 Å². The highest BCUT2D eigenvalue weighted by molar-refractivity contribution is 7.85. The van der Waals surface area contributed by atoms with Crippen molar-refractivity contribution in [1.82, 2.24) is 0 Å². The predicted octanol–water partition coefficient (Wildman–Crippen LogP) is 3.52. The van der Waals surface area contributed by atoms with E-state index >= 15 is 0 Å². The number of quaternary nitrogens is 1. The Kier molecular flexibility index (Phi) is 15.5. The summed E-state index contributed by atoms with van der Waals surface area (Å²) in [5.74, 6) is 1.53. The summed E-state index contributed by atoms with van der Waals surface area (Å²) in [6, 6.07) is 6.10. The molecule has 1 atom stereocenters. The van der Waals surface area contributed by atoms with E-state index in [4.69, 9.17) is 5.11 Å². The van der Waals surface area contributed by atoms with E-state index in [9.17, 15) is 13.0 Å². The lowest BCUT2D eigenvalue weighted by Crippen LogP contribution is -3.13. The minimum Gasteiger partial charge on any atom is -0.744 e. The molecular weight excluding hydrogens is 436 g/mol. The maximum atomic E-state index is 10.5. The fourth-order valence-corrected chi connectivity index (χ4v) is 5.25. The fourth-order valence-electron chi connectivity index (χ4n) is 4.55. The van der Waals surface area contributed by atoms with Crippen LogP contribution in [0.15, 0.2) is 29.2 Å². The summed E-state index contributed by atoms with van der Waals surface area (Å²) < 4.78 is 33.9. The van der Waals surface area contributed by atoms with Crippen molar-refractivity contribution in [1.29, 1.82) is 0 Å². The molecule has 0 saturated carbocycles. The Morgan fingerprint density at radius 1 is 0.970 bits per heavy atom. The predicted molar refractivity (Wildman–Crippen MR) is 134 cm³/mol. The molecule has 1 aromatic carbocycles. The summed E-state index contributed by atoms with van der Waals surface area (Å²) in [7, 11) is -4.28. The molecule has 33 heavy (non-hydrogen) atoms. The van der Waals surface area contributed by atoms with Crippen molar-refractivity contribution in [3.05, 3.63) is 29.8 Å². The van der Waals surface area contributed by atoms with Crippen molar-refractivity contribution in [2.75, 3.05) is 32.8 Å². The Bertz CT molecular complexity index is 793. The van der Waals surface area contributed by atoms with Crippen molar-refractivity contribution >= 4 is 16.0 Å². The molecule has 1 aliphatic heterocycles. The Balaban J connectivity index is 0.000000412. The summed E-state index contributed by atoms with van der Waals surface area (Å²) in [6.07, 6.45) is 15.3. The molecule has 0 bridgehead atoms. The number of aliphatic hydroxyl groups is 1. The summed E-state index contributed by atoms with van der Waals surface area (Å²) >= 11 is 0. The monoisotopic (exact) mass is 483 g/mol. The quantitative estimate of drug-likeness (QED) is 0.227. The van der Waals surface area contributed by atoms with Crippen molar-refractivity contribution in [3.8, 4) is 0 Å². The minimum absolute atomic E-state index is 0.139. The second kappa shape index (κ2) is 17.2. The lowest BCUT2D eigenvalue weighted by atomic mass is 10.1. The normalized spacial score (nSPS) is 16.1. The second-order valence-electron chi connectivity index (χ2n) is 9.02. The number of benzene rings is 1. The first-order valence-corrected chi connectivity index (χ1v) is 14.3. The Labute approximate surface area is 202 Å². The third-order valence-electron chi connectivity index (χ3n) is 6.37. The number of hydrogen-bond acceptors (Lipinski definition) is 4. The zero-order chi connectivity index (χ0) is 24.5. The van der Waals surface area contributed by atoms with Crippen LogP contribution in [-0.4, -0.2) is 61.3 Å². The largest absolute Gasteiger partial charge is 0.744 e. The van der Waals surface area contributed by atoms with Crippen LogP contribution in [0.1, 0.15) is 90.0 Å². The number of amidine groups is 1. The number of β-amino-alcohol motifs (C(OH)–C–C–N with tert-alkyl or cyclic N) is 1. The molecule has 0 amide bonds. The summed E-state index contributed by atoms with van der Waals surface area (Å²) in [5, 5.41) is 9.13. The highest BCUT2D eigenvalue weighted by Crippen LogP contribution is 2.12. The molecule has 1 heterocycles. The van der Waals surface area contributed by atoms with Crippen LogP contribution < -0.4 is 4.90 Å². The fraction of sp³-hybridized carbons (Fsp3) is 0.731. The van der Waals surface area contributed by atoms with Crippen LogP contribution in [0.4, 0.5) is 0 Å². The Morgan fingerprint density at radius 3 is 2.03 bits per heavy atom. The van der Waals surface area contributed by atoms with Gasteiger partial charge in [0.25, 0.3) is 0 Å². The van der Waals surface area contributed by atoms with Gasteiger partial charge in [0, 0.05) is 0 Å². The zero-order valence-corrected chi connectivity index (χ0v) is 22.0. The molecule has 0 radical (unpaired) electrons. The smallest absolute Gasteiger partial charge is 0.336 e. The Hall–Kier alpha value is -1.28. The van der Waals surface area contributed by atoms with Gasteiger partial charge in [-0.2, -0.15) is 4.58 Å². The van der Waals surface area contributed by atoms with Gasteiger partial charge in [-0.1, -0.05) is 76.5 Å². The van der Waals surface area contributed by atoms with Gasteiger partial charge in [0.1, 0.15) is 23.3 Å². The average Bonchev–Trinajstić information content (AvgIpc) is 3.16. The second-order valence-corrected chi connectivity index (χ2v) is 10.4. The number of aliphatic hydroxyl groups excluding tert-OH is 1. The van der Waals surface area contributed by atoms with Gasteiger partial charge in [-0.25, -0.2) is 13.3 Å². The maximum Gasteiger partial charge on any atom is 0.336 e. The number of nitrogens with one attached hydrogen (secondary N) is 1. The molecule has 2 rings (SSSR count). The number of hydrogen-bond donors (Lipinski definition) is 2. The standard InChI is InChI=1S/C19H39N2O.C7H8O3S/c1-3-5-6-7-8-9-10-11-12-13-14-20-15-16-21(17-18-22)19(20)4-2;1-6-4-2-3-5-7(6)11(8,9)10/h22H,3-18H2,1-2H3;2-5H,1H3,(H,8,9,10)/q+1;. The van der Waals surface area contributed by atoms with E-state index in [1.54, 1.807) is 24.0 Å². The lowest BCUT2D eigenvalue weighted by molar-refractivity contribution is -0.803. The van der Waals surface area contributed by atoms with Crippen LogP contribution in [0, 0.1) is 6.92 Å². The molecule has 1 aromatic rings. The first-order valence-electron chi connectivity index (χ1n) is 12.9. The molecule has 0 saturated heterocycles. The molecule has 1 aliphatic rings. The number of nitrogens with zero attached hydrogens (tertiary/aromatic N) is 1. The van der Waals surface area contributed by atoms with Gasteiger partial charge in [-0.3, -0.25) is 0 Å². The van der Waals surface area contributed by atoms with Crippen LogP contribution in [0.3, 0.4) is 0 Å². The molecule has 0 spiro atoms. The lowest BCUT2D eigenvalue weighted by Gasteiger charge is -2.09. The number of rotatable bonds is 15. The van der Waals surface area contributed by atoms with Gasteiger partial charge in [0.05, 0.1) is 17.9 Å². The Morgan fingerprint density at radius 2 is 1.55 bits per heavy atom. The van der Waals surface area contributed by atoms with Gasteiger partial charge in [0.2, 0.25) is 0 Å². The molecular formula is C26H47N2O4S+. The SMILES string of the molecule is CCCCCCCCCCCC[NH+]1CC[N+](CCO)=C1CC.Cc1ccccc1S(=O)(=O)[O-]. The van der Waals surface area contributed by atoms with E-state index in [0.29, 0.717) is 5.56 Å².